The van der Waals surface area contributed by atoms with Gasteiger partial charge in [0, 0.05) is 31.7 Å². The standard InChI is InChI=1S/C14H26N2O2/c1-3-18-13(17)12-14(6-4-5-7-14)16-10-8-15(2)9-11-16/h3-12H2,1-2H3. The molecule has 4 nitrogen and oxygen atoms in total. The van der Waals surface area contributed by atoms with E-state index in [1.807, 2.05) is 6.92 Å². The lowest BCUT2D eigenvalue weighted by Crippen LogP contribution is -2.56. The Morgan fingerprint density at radius 2 is 1.78 bits per heavy atom. The number of piperazine rings is 1. The predicted octanol–water partition coefficient (Wildman–Crippen LogP) is 1.50. The third-order valence-electron chi connectivity index (χ3n) is 4.49. The minimum absolute atomic E-state index is 0.0154. The summed E-state index contributed by atoms with van der Waals surface area (Å²) < 4.78 is 5.16. The van der Waals surface area contributed by atoms with Gasteiger partial charge >= 0.3 is 5.97 Å². The molecule has 0 amide bonds. The Morgan fingerprint density at radius 1 is 1.17 bits per heavy atom. The number of ether oxygens (including phenoxy) is 1. The Labute approximate surface area is 110 Å². The topological polar surface area (TPSA) is 32.8 Å². The summed E-state index contributed by atoms with van der Waals surface area (Å²) in [7, 11) is 2.17. The molecule has 2 fully saturated rings. The zero-order valence-electron chi connectivity index (χ0n) is 11.8. The van der Waals surface area contributed by atoms with E-state index in [-0.39, 0.29) is 11.5 Å². The molecule has 1 aliphatic carbocycles. The molecule has 1 saturated heterocycles. The second-order valence-electron chi connectivity index (χ2n) is 5.70. The van der Waals surface area contributed by atoms with E-state index < -0.39 is 0 Å². The van der Waals surface area contributed by atoms with Crippen LogP contribution >= 0.6 is 0 Å². The first-order chi connectivity index (χ1) is 8.66. The quantitative estimate of drug-likeness (QED) is 0.712. The van der Waals surface area contributed by atoms with E-state index in [1.54, 1.807) is 0 Å². The predicted molar refractivity (Wildman–Crippen MR) is 71.5 cm³/mol. The molecule has 0 aromatic carbocycles. The number of likely N-dealkylation sites (N-methyl/N-ethyl adjacent to an activating group) is 1. The van der Waals surface area contributed by atoms with Gasteiger partial charge in [0.1, 0.15) is 0 Å². The molecule has 18 heavy (non-hydrogen) atoms. The highest BCUT2D eigenvalue weighted by Crippen LogP contribution is 2.38. The molecule has 0 aromatic heterocycles. The summed E-state index contributed by atoms with van der Waals surface area (Å²) in [6.07, 6.45) is 5.42. The van der Waals surface area contributed by atoms with E-state index in [4.69, 9.17) is 4.74 Å². The fraction of sp³-hybridized carbons (Fsp3) is 0.929. The number of carbonyl (C=O) groups is 1. The van der Waals surface area contributed by atoms with Crippen molar-refractivity contribution in [3.63, 3.8) is 0 Å². The smallest absolute Gasteiger partial charge is 0.307 e. The first kappa shape index (κ1) is 13.8. The minimum atomic E-state index is -0.0154. The molecular formula is C14H26N2O2. The molecule has 0 bridgehead atoms. The van der Waals surface area contributed by atoms with Crippen molar-refractivity contribution in [2.75, 3.05) is 39.8 Å². The van der Waals surface area contributed by atoms with E-state index in [0.717, 1.165) is 39.0 Å². The van der Waals surface area contributed by atoms with Crippen molar-refractivity contribution in [2.45, 2.75) is 44.6 Å². The summed E-state index contributed by atoms with van der Waals surface area (Å²) in [5.41, 5.74) is 0.105. The van der Waals surface area contributed by atoms with Gasteiger partial charge in [-0.3, -0.25) is 9.69 Å². The zero-order valence-corrected chi connectivity index (χ0v) is 11.8. The van der Waals surface area contributed by atoms with Gasteiger partial charge in [-0.25, -0.2) is 0 Å². The molecule has 1 saturated carbocycles. The Balaban J connectivity index is 1.99. The van der Waals surface area contributed by atoms with Crippen molar-refractivity contribution in [1.29, 1.82) is 0 Å². The largest absolute Gasteiger partial charge is 0.466 e. The van der Waals surface area contributed by atoms with Crippen LogP contribution in [-0.4, -0.2) is 61.1 Å². The zero-order chi connectivity index (χ0) is 13.0. The second-order valence-corrected chi connectivity index (χ2v) is 5.70. The van der Waals surface area contributed by atoms with Gasteiger partial charge in [-0.2, -0.15) is 0 Å². The molecule has 104 valence electrons. The van der Waals surface area contributed by atoms with E-state index in [2.05, 4.69) is 16.8 Å². The number of rotatable bonds is 4. The van der Waals surface area contributed by atoms with Crippen LogP contribution in [0.15, 0.2) is 0 Å². The number of carbonyl (C=O) groups excluding carboxylic acids is 1. The van der Waals surface area contributed by atoms with Crippen LogP contribution in [0.5, 0.6) is 0 Å². The van der Waals surface area contributed by atoms with Gasteiger partial charge in [0.25, 0.3) is 0 Å². The van der Waals surface area contributed by atoms with Crippen molar-refractivity contribution in [3.8, 4) is 0 Å². The van der Waals surface area contributed by atoms with Crippen LogP contribution in [0, 0.1) is 0 Å². The van der Waals surface area contributed by atoms with Crippen LogP contribution in [0.3, 0.4) is 0 Å². The number of hydrogen-bond donors (Lipinski definition) is 0. The lowest BCUT2D eigenvalue weighted by molar-refractivity contribution is -0.147. The third-order valence-corrected chi connectivity index (χ3v) is 4.49. The van der Waals surface area contributed by atoms with Crippen molar-refractivity contribution < 1.29 is 9.53 Å². The van der Waals surface area contributed by atoms with E-state index >= 15 is 0 Å². The minimum Gasteiger partial charge on any atom is -0.466 e. The molecule has 4 heteroatoms. The first-order valence-corrected chi connectivity index (χ1v) is 7.25. The number of hydrogen-bond acceptors (Lipinski definition) is 4. The van der Waals surface area contributed by atoms with Gasteiger partial charge in [0.05, 0.1) is 13.0 Å². The maximum absolute atomic E-state index is 11.9. The maximum Gasteiger partial charge on any atom is 0.307 e. The second kappa shape index (κ2) is 6.02. The Hall–Kier alpha value is -0.610. The van der Waals surface area contributed by atoms with Crippen molar-refractivity contribution >= 4 is 5.97 Å². The molecule has 1 heterocycles. The number of esters is 1. The normalized spacial score (nSPS) is 25.2. The van der Waals surface area contributed by atoms with Gasteiger partial charge in [0.2, 0.25) is 0 Å². The average Bonchev–Trinajstić information content (AvgIpc) is 2.79. The molecule has 2 aliphatic rings. The summed E-state index contributed by atoms with van der Waals surface area (Å²) in [6, 6.07) is 0. The Kier molecular flexibility index (Phi) is 4.62. The lowest BCUT2D eigenvalue weighted by Gasteiger charge is -2.45. The number of nitrogens with zero attached hydrogens (tertiary/aromatic N) is 2. The van der Waals surface area contributed by atoms with Gasteiger partial charge in [0.15, 0.2) is 0 Å². The molecule has 0 spiro atoms. The van der Waals surface area contributed by atoms with Gasteiger partial charge in [-0.1, -0.05) is 12.8 Å². The molecule has 0 radical (unpaired) electrons. The van der Waals surface area contributed by atoms with Crippen LogP contribution in [0.25, 0.3) is 0 Å². The first-order valence-electron chi connectivity index (χ1n) is 7.25. The highest BCUT2D eigenvalue weighted by molar-refractivity contribution is 5.71. The van der Waals surface area contributed by atoms with Crippen LogP contribution in [0.4, 0.5) is 0 Å². The van der Waals surface area contributed by atoms with E-state index in [0.29, 0.717) is 13.0 Å². The van der Waals surface area contributed by atoms with E-state index in [9.17, 15) is 4.79 Å². The summed E-state index contributed by atoms with van der Waals surface area (Å²) >= 11 is 0. The monoisotopic (exact) mass is 254 g/mol. The lowest BCUT2D eigenvalue weighted by atomic mass is 9.90. The molecule has 0 unspecified atom stereocenters. The van der Waals surface area contributed by atoms with E-state index in [1.165, 1.54) is 12.8 Å². The summed E-state index contributed by atoms with van der Waals surface area (Å²) in [5, 5.41) is 0. The Bertz CT molecular complexity index is 280. The molecule has 0 atom stereocenters. The van der Waals surface area contributed by atoms with Crippen molar-refractivity contribution in [2.24, 2.45) is 0 Å². The fourth-order valence-electron chi connectivity index (χ4n) is 3.40. The molecule has 0 N–H and O–H groups in total. The molecule has 1 aliphatic heterocycles. The van der Waals surface area contributed by atoms with Gasteiger partial charge < -0.3 is 9.64 Å². The van der Waals surface area contributed by atoms with Crippen molar-refractivity contribution in [3.05, 3.63) is 0 Å². The highest BCUT2D eigenvalue weighted by Gasteiger charge is 2.42. The summed E-state index contributed by atoms with van der Waals surface area (Å²) in [4.78, 5) is 16.8. The third kappa shape index (κ3) is 3.04. The van der Waals surface area contributed by atoms with Crippen LogP contribution in [0.2, 0.25) is 0 Å². The Morgan fingerprint density at radius 3 is 2.33 bits per heavy atom. The average molecular weight is 254 g/mol. The SMILES string of the molecule is CCOC(=O)CC1(N2CCN(C)CC2)CCCC1. The van der Waals surface area contributed by atoms with Gasteiger partial charge in [-0.15, -0.1) is 0 Å². The van der Waals surface area contributed by atoms with Gasteiger partial charge in [-0.05, 0) is 26.8 Å². The summed E-state index contributed by atoms with van der Waals surface area (Å²) in [5.74, 6) is -0.0154. The van der Waals surface area contributed by atoms with Crippen LogP contribution < -0.4 is 0 Å². The molecular weight excluding hydrogens is 228 g/mol. The van der Waals surface area contributed by atoms with Crippen LogP contribution in [-0.2, 0) is 9.53 Å². The molecule has 2 rings (SSSR count). The highest BCUT2D eigenvalue weighted by atomic mass is 16.5. The summed E-state index contributed by atoms with van der Waals surface area (Å²) in [6.45, 7) is 6.80. The molecule has 0 aromatic rings. The maximum atomic E-state index is 11.9. The fourth-order valence-corrected chi connectivity index (χ4v) is 3.40. The van der Waals surface area contributed by atoms with Crippen molar-refractivity contribution in [1.82, 2.24) is 9.80 Å². The van der Waals surface area contributed by atoms with Crippen LogP contribution in [0.1, 0.15) is 39.0 Å².